The Morgan fingerprint density at radius 3 is 2.57 bits per heavy atom. The average Bonchev–Trinajstić information content (AvgIpc) is 3.19. The number of nitrogens with one attached hydrogen (secondary N) is 1. The largest absolute Gasteiger partial charge is 0.444 e. The van der Waals surface area contributed by atoms with Gasteiger partial charge in [0, 0.05) is 31.1 Å². The number of nitrogens with zero attached hydrogens (tertiary/aromatic N) is 3. The number of hydrogen-bond acceptors (Lipinski definition) is 5. The monoisotopic (exact) mass is 446 g/mol. The molecule has 1 N–H and O–H groups in total. The lowest BCUT2D eigenvalue weighted by Crippen LogP contribution is -2.40. The summed E-state index contributed by atoms with van der Waals surface area (Å²) < 4.78 is 43.7. The van der Waals surface area contributed by atoms with Gasteiger partial charge in [-0.1, -0.05) is 0 Å². The Labute approximate surface area is 179 Å². The van der Waals surface area contributed by atoms with Crippen LogP contribution in [0.15, 0.2) is 16.1 Å². The molecule has 1 fully saturated rings. The summed E-state index contributed by atoms with van der Waals surface area (Å²) >= 11 is 0.974. The molecule has 2 rings (SSSR count). The van der Waals surface area contributed by atoms with E-state index >= 15 is 0 Å². The lowest BCUT2D eigenvalue weighted by atomic mass is 10.1. The van der Waals surface area contributed by atoms with Gasteiger partial charge in [0.15, 0.2) is 0 Å². The van der Waals surface area contributed by atoms with Crippen LogP contribution in [0.2, 0.25) is 0 Å². The summed E-state index contributed by atoms with van der Waals surface area (Å²) in [6.45, 7) is 8.91. The molecule has 0 bridgehead atoms. The lowest BCUT2D eigenvalue weighted by molar-refractivity contribution is -0.126. The highest BCUT2D eigenvalue weighted by Gasteiger charge is 2.33. The Balaban J connectivity index is 2.10. The number of amides is 1. The quantitative estimate of drug-likeness (QED) is 0.515. The van der Waals surface area contributed by atoms with Gasteiger partial charge in [-0.3, -0.25) is 9.98 Å². The smallest absolute Gasteiger partial charge is 0.407 e. The molecule has 168 valence electrons. The number of ether oxygens (including phenoxy) is 1. The normalized spacial score (nSPS) is 20.2. The molecule has 6 nitrogen and oxygen atoms in total. The zero-order chi connectivity index (χ0) is 22.7. The number of amidine groups is 1. The Kier molecular flexibility index (Phi) is 7.54. The SMILES string of the molecule is C=Nc1sc(CC(F)(F)F)cc1C(=NC)N(C)C1CC[C@H](NC(=O)OC(C)(C)C)C1. The summed E-state index contributed by atoms with van der Waals surface area (Å²) in [7, 11) is 3.46. The van der Waals surface area contributed by atoms with Gasteiger partial charge in [-0.25, -0.2) is 4.79 Å². The highest BCUT2D eigenvalue weighted by molar-refractivity contribution is 7.16. The van der Waals surface area contributed by atoms with Crippen LogP contribution in [0.3, 0.4) is 0 Å². The minimum atomic E-state index is -4.29. The molecule has 1 unspecified atom stereocenters. The van der Waals surface area contributed by atoms with E-state index in [9.17, 15) is 18.0 Å². The molecule has 1 aliphatic carbocycles. The standard InChI is InChI=1S/C20H29F3N4O2S/c1-19(2,3)29-18(28)26-12-7-8-13(9-12)27(6)16(24-4)15-10-14(11-20(21,22)23)30-17(15)25-5/h10,12-13H,5,7-9,11H2,1-4,6H3,(H,26,28)/t12-,13?/m0/s1. The molecular weight excluding hydrogens is 417 g/mol. The van der Waals surface area contributed by atoms with E-state index in [0.717, 1.165) is 24.2 Å². The van der Waals surface area contributed by atoms with Crippen molar-refractivity contribution in [2.75, 3.05) is 14.1 Å². The van der Waals surface area contributed by atoms with E-state index in [4.69, 9.17) is 4.74 Å². The van der Waals surface area contributed by atoms with E-state index in [1.54, 1.807) is 27.8 Å². The molecule has 30 heavy (non-hydrogen) atoms. The van der Waals surface area contributed by atoms with Crippen LogP contribution >= 0.6 is 11.3 Å². The molecule has 1 aromatic rings. The number of alkyl carbamates (subject to hydrolysis) is 1. The first kappa shape index (κ1) is 24.2. The topological polar surface area (TPSA) is 66.3 Å². The summed E-state index contributed by atoms with van der Waals surface area (Å²) in [6.07, 6.45) is -3.47. The van der Waals surface area contributed by atoms with E-state index < -0.39 is 24.3 Å². The fourth-order valence-electron chi connectivity index (χ4n) is 3.55. The van der Waals surface area contributed by atoms with Crippen molar-refractivity contribution in [3.63, 3.8) is 0 Å². The molecular formula is C20H29F3N4O2S. The summed E-state index contributed by atoms with van der Waals surface area (Å²) in [5.41, 5.74) is -0.0231. The first-order valence-electron chi connectivity index (χ1n) is 9.68. The second-order valence-electron chi connectivity index (χ2n) is 8.35. The fraction of sp³-hybridized carbons (Fsp3) is 0.650. The first-order chi connectivity index (χ1) is 13.8. The lowest BCUT2D eigenvalue weighted by Gasteiger charge is -2.28. The Morgan fingerprint density at radius 1 is 1.37 bits per heavy atom. The van der Waals surface area contributed by atoms with Gasteiger partial charge in [0.05, 0.1) is 12.0 Å². The van der Waals surface area contributed by atoms with Crippen molar-refractivity contribution in [2.45, 2.75) is 70.3 Å². The molecule has 1 heterocycles. The molecule has 1 aliphatic rings. The van der Waals surface area contributed by atoms with E-state index in [0.29, 0.717) is 22.8 Å². The van der Waals surface area contributed by atoms with Crippen LogP contribution in [-0.2, 0) is 11.2 Å². The number of halogens is 3. The molecule has 0 aromatic carbocycles. The van der Waals surface area contributed by atoms with Gasteiger partial charge >= 0.3 is 12.3 Å². The number of alkyl halides is 3. The van der Waals surface area contributed by atoms with Crippen LogP contribution in [0, 0.1) is 0 Å². The van der Waals surface area contributed by atoms with Gasteiger partial charge < -0.3 is 15.0 Å². The highest BCUT2D eigenvalue weighted by atomic mass is 32.1. The Morgan fingerprint density at radius 2 is 2.03 bits per heavy atom. The van der Waals surface area contributed by atoms with E-state index in [1.807, 2.05) is 11.9 Å². The highest BCUT2D eigenvalue weighted by Crippen LogP contribution is 2.36. The Hall–Kier alpha value is -2.10. The maximum Gasteiger partial charge on any atom is 0.407 e. The maximum atomic E-state index is 12.8. The van der Waals surface area contributed by atoms with Gasteiger partial charge in [-0.2, -0.15) is 13.2 Å². The van der Waals surface area contributed by atoms with Crippen molar-refractivity contribution in [3.8, 4) is 0 Å². The van der Waals surface area contributed by atoms with Crippen molar-refractivity contribution >= 4 is 35.0 Å². The predicted octanol–water partition coefficient (Wildman–Crippen LogP) is 4.94. The summed E-state index contributed by atoms with van der Waals surface area (Å²) in [5, 5.41) is 3.31. The van der Waals surface area contributed by atoms with Gasteiger partial charge in [-0.15, -0.1) is 11.3 Å². The number of thiophene rings is 1. The van der Waals surface area contributed by atoms with Gasteiger partial charge in [0.2, 0.25) is 0 Å². The zero-order valence-electron chi connectivity index (χ0n) is 18.0. The predicted molar refractivity (Wildman–Crippen MR) is 114 cm³/mol. The van der Waals surface area contributed by atoms with E-state index in [-0.39, 0.29) is 17.0 Å². The fourth-order valence-corrected chi connectivity index (χ4v) is 4.54. The van der Waals surface area contributed by atoms with Gasteiger partial charge in [-0.05, 0) is 52.8 Å². The molecule has 0 radical (unpaired) electrons. The zero-order valence-corrected chi connectivity index (χ0v) is 18.8. The van der Waals surface area contributed by atoms with E-state index in [2.05, 4.69) is 22.0 Å². The third kappa shape index (κ3) is 6.72. The third-order valence-corrected chi connectivity index (χ3v) is 5.81. The summed E-state index contributed by atoms with van der Waals surface area (Å²) in [6, 6.07) is 1.53. The van der Waals surface area contributed by atoms with Crippen LogP contribution < -0.4 is 5.32 Å². The van der Waals surface area contributed by atoms with Gasteiger partial charge in [0.25, 0.3) is 0 Å². The molecule has 0 saturated heterocycles. The Bertz CT molecular complexity index is 799. The van der Waals surface area contributed by atoms with Crippen molar-refractivity contribution in [3.05, 3.63) is 16.5 Å². The summed E-state index contributed by atoms with van der Waals surface area (Å²) in [4.78, 5) is 22.4. The molecule has 1 amide bonds. The number of aliphatic imine (C=N–C) groups is 2. The molecule has 2 atom stereocenters. The van der Waals surface area contributed by atoms with Crippen LogP contribution in [0.4, 0.5) is 23.0 Å². The molecule has 1 aromatic heterocycles. The minimum absolute atomic E-state index is 0.0364. The number of rotatable bonds is 5. The van der Waals surface area contributed by atoms with E-state index in [1.165, 1.54) is 6.07 Å². The van der Waals surface area contributed by atoms with Crippen molar-refractivity contribution in [2.24, 2.45) is 9.98 Å². The maximum absolute atomic E-state index is 12.8. The van der Waals surface area contributed by atoms with Crippen LogP contribution in [-0.4, -0.2) is 61.5 Å². The molecule has 10 heteroatoms. The first-order valence-corrected chi connectivity index (χ1v) is 10.5. The molecule has 1 saturated carbocycles. The second-order valence-corrected chi connectivity index (χ2v) is 9.46. The van der Waals surface area contributed by atoms with Crippen molar-refractivity contribution < 1.29 is 22.7 Å². The average molecular weight is 447 g/mol. The summed E-state index contributed by atoms with van der Waals surface area (Å²) in [5.74, 6) is 0.560. The third-order valence-electron chi connectivity index (χ3n) is 4.74. The van der Waals surface area contributed by atoms with Crippen LogP contribution in [0.25, 0.3) is 0 Å². The molecule has 0 spiro atoms. The minimum Gasteiger partial charge on any atom is -0.444 e. The van der Waals surface area contributed by atoms with Crippen molar-refractivity contribution in [1.29, 1.82) is 0 Å². The van der Waals surface area contributed by atoms with Crippen molar-refractivity contribution in [1.82, 2.24) is 10.2 Å². The number of carbonyl (C=O) groups is 1. The van der Waals surface area contributed by atoms with Crippen LogP contribution in [0.1, 0.15) is 50.5 Å². The van der Waals surface area contributed by atoms with Gasteiger partial charge in [0.1, 0.15) is 16.4 Å². The molecule has 0 aliphatic heterocycles. The number of carbonyl (C=O) groups excluding carboxylic acids is 1. The number of hydrogen-bond donors (Lipinski definition) is 1. The second kappa shape index (κ2) is 9.36. The van der Waals surface area contributed by atoms with Crippen LogP contribution in [0.5, 0.6) is 0 Å².